The third-order valence-electron chi connectivity index (χ3n) is 4.31. The Morgan fingerprint density at radius 3 is 2.52 bits per heavy atom. The zero-order chi connectivity index (χ0) is 15.6. The molecule has 1 aliphatic rings. The molecule has 0 unspecified atom stereocenters. The van der Waals surface area contributed by atoms with Gasteiger partial charge in [-0.1, -0.05) is 25.0 Å². The summed E-state index contributed by atoms with van der Waals surface area (Å²) in [5, 5.41) is 0. The van der Waals surface area contributed by atoms with E-state index in [1.54, 1.807) is 16.4 Å². The molecule has 0 radical (unpaired) electrons. The molecule has 2 N–H and O–H groups in total. The molecule has 0 amide bonds. The number of anilines is 1. The Morgan fingerprint density at radius 1 is 1.33 bits per heavy atom. The topological polar surface area (TPSA) is 63.4 Å². The predicted octanol–water partition coefficient (Wildman–Crippen LogP) is 3.00. The van der Waals surface area contributed by atoms with Crippen LogP contribution in [-0.2, 0) is 10.0 Å². The summed E-state index contributed by atoms with van der Waals surface area (Å²) < 4.78 is 27.8. The first-order chi connectivity index (χ1) is 9.89. The molecular formula is C16H24N2O2S. The highest BCUT2D eigenvalue weighted by atomic mass is 32.2. The maximum Gasteiger partial charge on any atom is 0.245 e. The summed E-state index contributed by atoms with van der Waals surface area (Å²) in [6.45, 7) is 7.76. The number of hydrogen-bond donors (Lipinski definition) is 1. The standard InChI is InChI=1S/C16H24N2O2S/c1-4-11-18(14-7-5-6-8-14)21(19,20)16-13(3)12(2)9-10-15(16)17/h4,9-10,14H,1,5-8,11,17H2,2-3H3. The van der Waals surface area contributed by atoms with Gasteiger partial charge in [-0.05, 0) is 43.9 Å². The molecule has 4 nitrogen and oxygen atoms in total. The van der Waals surface area contributed by atoms with E-state index in [0.29, 0.717) is 12.2 Å². The first-order valence-electron chi connectivity index (χ1n) is 7.38. The number of sulfonamides is 1. The number of rotatable bonds is 5. The summed E-state index contributed by atoms with van der Waals surface area (Å²) in [5.74, 6) is 0. The minimum atomic E-state index is -3.59. The zero-order valence-electron chi connectivity index (χ0n) is 12.8. The first-order valence-corrected chi connectivity index (χ1v) is 8.82. The van der Waals surface area contributed by atoms with Crippen LogP contribution >= 0.6 is 0 Å². The van der Waals surface area contributed by atoms with Gasteiger partial charge in [-0.15, -0.1) is 6.58 Å². The van der Waals surface area contributed by atoms with E-state index >= 15 is 0 Å². The molecule has 1 aromatic carbocycles. The molecule has 1 aromatic rings. The Kier molecular flexibility index (Phi) is 4.74. The number of aryl methyl sites for hydroxylation is 1. The lowest BCUT2D eigenvalue weighted by atomic mass is 10.1. The molecule has 1 fully saturated rings. The average Bonchev–Trinajstić information content (AvgIpc) is 2.94. The van der Waals surface area contributed by atoms with Gasteiger partial charge < -0.3 is 5.73 Å². The normalized spacial score (nSPS) is 16.5. The molecule has 21 heavy (non-hydrogen) atoms. The van der Waals surface area contributed by atoms with Gasteiger partial charge in [0.15, 0.2) is 0 Å². The molecule has 1 aliphatic carbocycles. The van der Waals surface area contributed by atoms with Gasteiger partial charge in [-0.3, -0.25) is 0 Å². The molecule has 5 heteroatoms. The molecule has 0 aliphatic heterocycles. The zero-order valence-corrected chi connectivity index (χ0v) is 13.6. The van der Waals surface area contributed by atoms with Crippen molar-refractivity contribution in [2.75, 3.05) is 12.3 Å². The summed E-state index contributed by atoms with van der Waals surface area (Å²) in [5.41, 5.74) is 7.98. The fourth-order valence-electron chi connectivity index (χ4n) is 3.03. The Balaban J connectivity index is 2.53. The number of hydrogen-bond acceptors (Lipinski definition) is 3. The van der Waals surface area contributed by atoms with Crippen molar-refractivity contribution in [3.05, 3.63) is 35.9 Å². The molecule has 0 saturated heterocycles. The van der Waals surface area contributed by atoms with Gasteiger partial charge in [0.2, 0.25) is 10.0 Å². The third kappa shape index (κ3) is 2.99. The van der Waals surface area contributed by atoms with Crippen LogP contribution in [0, 0.1) is 13.8 Å². The second-order valence-corrected chi connectivity index (χ2v) is 7.55. The molecule has 0 heterocycles. The quantitative estimate of drug-likeness (QED) is 0.672. The minimum absolute atomic E-state index is 0.0623. The van der Waals surface area contributed by atoms with Crippen LogP contribution in [0.4, 0.5) is 5.69 Å². The molecule has 0 aromatic heterocycles. The van der Waals surface area contributed by atoms with Crippen molar-refractivity contribution in [2.24, 2.45) is 0 Å². The fraction of sp³-hybridized carbons (Fsp3) is 0.500. The SMILES string of the molecule is C=CCN(C1CCCC1)S(=O)(=O)c1c(N)ccc(C)c1C. The number of nitrogen functional groups attached to an aromatic ring is 1. The molecule has 0 bridgehead atoms. The van der Waals surface area contributed by atoms with Crippen LogP contribution in [0.1, 0.15) is 36.8 Å². The second-order valence-electron chi connectivity index (χ2n) is 5.73. The van der Waals surface area contributed by atoms with Gasteiger partial charge in [0.05, 0.1) is 5.69 Å². The minimum Gasteiger partial charge on any atom is -0.398 e. The van der Waals surface area contributed by atoms with Crippen LogP contribution < -0.4 is 5.73 Å². The van der Waals surface area contributed by atoms with E-state index in [4.69, 9.17) is 5.73 Å². The van der Waals surface area contributed by atoms with Crippen LogP contribution in [-0.4, -0.2) is 25.3 Å². The van der Waals surface area contributed by atoms with Crippen molar-refractivity contribution >= 4 is 15.7 Å². The van der Waals surface area contributed by atoms with E-state index in [-0.39, 0.29) is 10.9 Å². The monoisotopic (exact) mass is 308 g/mol. The summed E-state index contributed by atoms with van der Waals surface area (Å²) in [4.78, 5) is 0.260. The van der Waals surface area contributed by atoms with Crippen molar-refractivity contribution in [1.82, 2.24) is 4.31 Å². The van der Waals surface area contributed by atoms with E-state index in [0.717, 1.165) is 36.8 Å². The maximum atomic E-state index is 13.1. The van der Waals surface area contributed by atoms with E-state index in [1.165, 1.54) is 0 Å². The van der Waals surface area contributed by atoms with Crippen molar-refractivity contribution in [3.63, 3.8) is 0 Å². The van der Waals surface area contributed by atoms with Gasteiger partial charge in [-0.2, -0.15) is 4.31 Å². The Morgan fingerprint density at radius 2 is 1.95 bits per heavy atom. The summed E-state index contributed by atoms with van der Waals surface area (Å²) in [6.07, 6.45) is 5.64. The van der Waals surface area contributed by atoms with Crippen molar-refractivity contribution < 1.29 is 8.42 Å². The summed E-state index contributed by atoms with van der Waals surface area (Å²) in [7, 11) is -3.59. The van der Waals surface area contributed by atoms with Crippen molar-refractivity contribution in [2.45, 2.75) is 50.5 Å². The number of nitrogens with zero attached hydrogens (tertiary/aromatic N) is 1. The lowest BCUT2D eigenvalue weighted by Gasteiger charge is -2.28. The van der Waals surface area contributed by atoms with E-state index in [1.807, 2.05) is 19.9 Å². The largest absolute Gasteiger partial charge is 0.398 e. The second kappa shape index (κ2) is 6.20. The van der Waals surface area contributed by atoms with Crippen LogP contribution in [0.2, 0.25) is 0 Å². The number of nitrogens with two attached hydrogens (primary N) is 1. The Labute approximate surface area is 127 Å². The van der Waals surface area contributed by atoms with E-state index in [9.17, 15) is 8.42 Å². The maximum absolute atomic E-state index is 13.1. The van der Waals surface area contributed by atoms with Crippen molar-refractivity contribution in [3.8, 4) is 0 Å². The molecule has 0 atom stereocenters. The van der Waals surface area contributed by atoms with E-state index in [2.05, 4.69) is 6.58 Å². The first kappa shape index (κ1) is 16.0. The van der Waals surface area contributed by atoms with Gasteiger partial charge in [0.25, 0.3) is 0 Å². The van der Waals surface area contributed by atoms with Crippen LogP contribution in [0.5, 0.6) is 0 Å². The average molecular weight is 308 g/mol. The number of benzene rings is 1. The molecule has 0 spiro atoms. The Bertz CT molecular complexity index is 632. The molecule has 1 saturated carbocycles. The molecule has 116 valence electrons. The molecule has 2 rings (SSSR count). The van der Waals surface area contributed by atoms with Gasteiger partial charge in [-0.25, -0.2) is 8.42 Å². The predicted molar refractivity (Wildman–Crippen MR) is 86.7 cm³/mol. The highest BCUT2D eigenvalue weighted by molar-refractivity contribution is 7.89. The van der Waals surface area contributed by atoms with Gasteiger partial charge in [0.1, 0.15) is 4.90 Å². The van der Waals surface area contributed by atoms with E-state index < -0.39 is 10.0 Å². The van der Waals surface area contributed by atoms with Gasteiger partial charge in [0, 0.05) is 12.6 Å². The van der Waals surface area contributed by atoms with Gasteiger partial charge >= 0.3 is 0 Å². The summed E-state index contributed by atoms with van der Waals surface area (Å²) >= 11 is 0. The van der Waals surface area contributed by atoms with Crippen molar-refractivity contribution in [1.29, 1.82) is 0 Å². The smallest absolute Gasteiger partial charge is 0.245 e. The van der Waals surface area contributed by atoms with Crippen LogP contribution in [0.15, 0.2) is 29.7 Å². The Hall–Kier alpha value is -1.33. The molecular weight excluding hydrogens is 284 g/mol. The lowest BCUT2D eigenvalue weighted by Crippen LogP contribution is -2.39. The highest BCUT2D eigenvalue weighted by Gasteiger charge is 2.34. The lowest BCUT2D eigenvalue weighted by molar-refractivity contribution is 0.347. The fourth-order valence-corrected chi connectivity index (χ4v) is 5.09. The summed E-state index contributed by atoms with van der Waals surface area (Å²) in [6, 6.07) is 3.60. The van der Waals surface area contributed by atoms with Crippen LogP contribution in [0.3, 0.4) is 0 Å². The van der Waals surface area contributed by atoms with Crippen LogP contribution in [0.25, 0.3) is 0 Å². The highest BCUT2D eigenvalue weighted by Crippen LogP contribution is 2.33. The third-order valence-corrected chi connectivity index (χ3v) is 6.44.